The summed E-state index contributed by atoms with van der Waals surface area (Å²) >= 11 is 0. The first-order chi connectivity index (χ1) is 5.77. The zero-order chi connectivity index (χ0) is 8.55. The molecular formula is C11H14O. The van der Waals surface area contributed by atoms with E-state index in [9.17, 15) is 0 Å². The Morgan fingerprint density at radius 1 is 1.33 bits per heavy atom. The van der Waals surface area contributed by atoms with Gasteiger partial charge in [0.2, 0.25) is 0 Å². The van der Waals surface area contributed by atoms with Gasteiger partial charge >= 0.3 is 0 Å². The molecule has 1 atom stereocenters. The Balaban J connectivity index is 2.31. The zero-order valence-corrected chi connectivity index (χ0v) is 7.63. The molecular weight excluding hydrogens is 148 g/mol. The summed E-state index contributed by atoms with van der Waals surface area (Å²) in [6.45, 7) is 5.21. The van der Waals surface area contributed by atoms with Crippen LogP contribution in [0.5, 0.6) is 0 Å². The Labute approximate surface area is 73.4 Å². The standard InChI is InChI=1S/C11H14O/c1-8-3-4-10(9(2)7-8)11-5-6-12-11/h3-4,7,11H,5-6H2,1-2H3. The molecule has 0 aliphatic carbocycles. The topological polar surface area (TPSA) is 9.23 Å². The lowest BCUT2D eigenvalue weighted by Gasteiger charge is -2.28. The van der Waals surface area contributed by atoms with E-state index in [1.807, 2.05) is 0 Å². The summed E-state index contributed by atoms with van der Waals surface area (Å²) in [6, 6.07) is 6.56. The first-order valence-corrected chi connectivity index (χ1v) is 4.46. The summed E-state index contributed by atoms with van der Waals surface area (Å²) in [7, 11) is 0. The molecule has 0 spiro atoms. The lowest BCUT2D eigenvalue weighted by Crippen LogP contribution is -2.19. The number of aryl methyl sites for hydroxylation is 2. The molecule has 1 aliphatic rings. The van der Waals surface area contributed by atoms with Crippen molar-refractivity contribution in [1.29, 1.82) is 0 Å². The summed E-state index contributed by atoms with van der Waals surface area (Å²) in [5.74, 6) is 0. The quantitative estimate of drug-likeness (QED) is 0.617. The van der Waals surface area contributed by atoms with Crippen molar-refractivity contribution >= 4 is 0 Å². The van der Waals surface area contributed by atoms with Gasteiger partial charge in [-0.3, -0.25) is 0 Å². The van der Waals surface area contributed by atoms with E-state index in [0.29, 0.717) is 6.10 Å². The van der Waals surface area contributed by atoms with Gasteiger partial charge in [-0.05, 0) is 25.0 Å². The normalized spacial score (nSPS) is 22.0. The van der Waals surface area contributed by atoms with Crippen LogP contribution in [0, 0.1) is 13.8 Å². The summed E-state index contributed by atoms with van der Waals surface area (Å²) < 4.78 is 5.44. The number of hydrogen-bond acceptors (Lipinski definition) is 1. The van der Waals surface area contributed by atoms with Gasteiger partial charge in [0.05, 0.1) is 12.7 Å². The fraction of sp³-hybridized carbons (Fsp3) is 0.455. The van der Waals surface area contributed by atoms with E-state index in [4.69, 9.17) is 4.74 Å². The van der Waals surface area contributed by atoms with E-state index in [1.54, 1.807) is 0 Å². The fourth-order valence-electron chi connectivity index (χ4n) is 1.67. The second-order valence-electron chi connectivity index (χ2n) is 3.51. The van der Waals surface area contributed by atoms with Gasteiger partial charge in [0.15, 0.2) is 0 Å². The summed E-state index contributed by atoms with van der Waals surface area (Å²) in [4.78, 5) is 0. The maximum absolute atomic E-state index is 5.44. The van der Waals surface area contributed by atoms with Crippen molar-refractivity contribution in [3.63, 3.8) is 0 Å². The molecule has 0 saturated carbocycles. The van der Waals surface area contributed by atoms with E-state index >= 15 is 0 Å². The van der Waals surface area contributed by atoms with E-state index in [1.165, 1.54) is 23.1 Å². The van der Waals surface area contributed by atoms with E-state index in [2.05, 4.69) is 32.0 Å². The fourth-order valence-corrected chi connectivity index (χ4v) is 1.67. The molecule has 1 unspecified atom stereocenters. The Kier molecular flexibility index (Phi) is 1.89. The van der Waals surface area contributed by atoms with Crippen LogP contribution in [0.3, 0.4) is 0 Å². The predicted molar refractivity (Wildman–Crippen MR) is 49.2 cm³/mol. The van der Waals surface area contributed by atoms with Crippen LogP contribution >= 0.6 is 0 Å². The molecule has 0 radical (unpaired) electrons. The highest BCUT2D eigenvalue weighted by Gasteiger charge is 2.21. The number of ether oxygens (including phenoxy) is 1. The Morgan fingerprint density at radius 3 is 2.58 bits per heavy atom. The lowest BCUT2D eigenvalue weighted by atomic mass is 9.97. The van der Waals surface area contributed by atoms with Crippen LogP contribution in [-0.4, -0.2) is 6.61 Å². The van der Waals surface area contributed by atoms with Crippen LogP contribution in [0.15, 0.2) is 18.2 Å². The molecule has 1 heterocycles. The monoisotopic (exact) mass is 162 g/mol. The molecule has 0 N–H and O–H groups in total. The van der Waals surface area contributed by atoms with Crippen LogP contribution in [0.25, 0.3) is 0 Å². The first-order valence-electron chi connectivity index (χ1n) is 4.46. The van der Waals surface area contributed by atoms with Gasteiger partial charge in [-0.25, -0.2) is 0 Å². The Bertz CT molecular complexity index is 287. The third-order valence-electron chi connectivity index (χ3n) is 2.47. The van der Waals surface area contributed by atoms with Gasteiger partial charge in [0.1, 0.15) is 0 Å². The Morgan fingerprint density at radius 2 is 2.08 bits per heavy atom. The minimum atomic E-state index is 0.380. The molecule has 0 bridgehead atoms. The highest BCUT2D eigenvalue weighted by Crippen LogP contribution is 2.31. The van der Waals surface area contributed by atoms with E-state index in [-0.39, 0.29) is 0 Å². The molecule has 1 saturated heterocycles. The number of benzene rings is 1. The highest BCUT2D eigenvalue weighted by atomic mass is 16.5. The minimum absolute atomic E-state index is 0.380. The average molecular weight is 162 g/mol. The Hall–Kier alpha value is -0.820. The van der Waals surface area contributed by atoms with Gasteiger partial charge < -0.3 is 4.74 Å². The molecule has 1 aromatic rings. The van der Waals surface area contributed by atoms with E-state index < -0.39 is 0 Å². The van der Waals surface area contributed by atoms with Crippen LogP contribution in [0.1, 0.15) is 29.2 Å². The maximum Gasteiger partial charge on any atom is 0.0849 e. The van der Waals surface area contributed by atoms with Gasteiger partial charge in [0.25, 0.3) is 0 Å². The van der Waals surface area contributed by atoms with Crippen LogP contribution in [0.4, 0.5) is 0 Å². The van der Waals surface area contributed by atoms with Crippen LogP contribution < -0.4 is 0 Å². The molecule has 1 heteroatoms. The zero-order valence-electron chi connectivity index (χ0n) is 7.63. The van der Waals surface area contributed by atoms with Crippen molar-refractivity contribution in [2.75, 3.05) is 6.61 Å². The molecule has 64 valence electrons. The van der Waals surface area contributed by atoms with Crippen molar-refractivity contribution in [3.05, 3.63) is 34.9 Å². The molecule has 0 aromatic heterocycles. The maximum atomic E-state index is 5.44. The number of rotatable bonds is 1. The average Bonchev–Trinajstić information content (AvgIpc) is 1.91. The molecule has 1 nitrogen and oxygen atoms in total. The summed E-state index contributed by atoms with van der Waals surface area (Å²) in [6.07, 6.45) is 1.56. The third kappa shape index (κ3) is 1.25. The predicted octanol–water partition coefficient (Wildman–Crippen LogP) is 2.76. The van der Waals surface area contributed by atoms with Gasteiger partial charge in [-0.2, -0.15) is 0 Å². The van der Waals surface area contributed by atoms with Crippen molar-refractivity contribution < 1.29 is 4.74 Å². The SMILES string of the molecule is Cc1ccc(C2CCO2)c(C)c1. The summed E-state index contributed by atoms with van der Waals surface area (Å²) in [5.41, 5.74) is 4.06. The minimum Gasteiger partial charge on any atom is -0.373 e. The van der Waals surface area contributed by atoms with Gasteiger partial charge in [0, 0.05) is 6.42 Å². The third-order valence-corrected chi connectivity index (χ3v) is 2.47. The summed E-state index contributed by atoms with van der Waals surface area (Å²) in [5, 5.41) is 0. The highest BCUT2D eigenvalue weighted by molar-refractivity contribution is 5.32. The van der Waals surface area contributed by atoms with Crippen LogP contribution in [0.2, 0.25) is 0 Å². The molecule has 12 heavy (non-hydrogen) atoms. The van der Waals surface area contributed by atoms with Crippen molar-refractivity contribution in [1.82, 2.24) is 0 Å². The molecule has 0 amide bonds. The largest absolute Gasteiger partial charge is 0.373 e. The van der Waals surface area contributed by atoms with Crippen molar-refractivity contribution in [3.8, 4) is 0 Å². The molecule has 1 aromatic carbocycles. The van der Waals surface area contributed by atoms with Gasteiger partial charge in [-0.15, -0.1) is 0 Å². The van der Waals surface area contributed by atoms with Crippen molar-refractivity contribution in [2.45, 2.75) is 26.4 Å². The first kappa shape index (κ1) is 7.81. The van der Waals surface area contributed by atoms with Crippen LogP contribution in [-0.2, 0) is 4.74 Å². The second kappa shape index (κ2) is 2.91. The molecule has 1 aliphatic heterocycles. The van der Waals surface area contributed by atoms with Gasteiger partial charge in [-0.1, -0.05) is 23.8 Å². The molecule has 2 rings (SSSR count). The van der Waals surface area contributed by atoms with E-state index in [0.717, 1.165) is 6.61 Å². The molecule has 1 fully saturated rings. The second-order valence-corrected chi connectivity index (χ2v) is 3.51. The number of hydrogen-bond donors (Lipinski definition) is 0. The smallest absolute Gasteiger partial charge is 0.0849 e. The lowest BCUT2D eigenvalue weighted by molar-refractivity contribution is -0.0530. The van der Waals surface area contributed by atoms with Crippen molar-refractivity contribution in [2.24, 2.45) is 0 Å².